The van der Waals surface area contributed by atoms with Crippen molar-refractivity contribution in [3.05, 3.63) is 0 Å². The summed E-state index contributed by atoms with van der Waals surface area (Å²) in [5.74, 6) is 0.615. The normalized spacial score (nSPS) is 33.3. The third kappa shape index (κ3) is 2.32. The first-order valence-electron chi connectivity index (χ1n) is 5.88. The molecular weight excluding hydrogens is 190 g/mol. The minimum absolute atomic E-state index is 0.246. The van der Waals surface area contributed by atoms with E-state index in [2.05, 4.69) is 29.1 Å². The van der Waals surface area contributed by atoms with E-state index >= 15 is 0 Å². The summed E-state index contributed by atoms with van der Waals surface area (Å²) < 4.78 is 0. The van der Waals surface area contributed by atoms with Gasteiger partial charge in [0.25, 0.3) is 0 Å². The summed E-state index contributed by atoms with van der Waals surface area (Å²) in [5, 5.41) is 3.31. The Morgan fingerprint density at radius 1 is 1.40 bits per heavy atom. The molecule has 4 nitrogen and oxygen atoms in total. The van der Waals surface area contributed by atoms with Gasteiger partial charge in [-0.1, -0.05) is 0 Å². The molecule has 1 unspecified atom stereocenters. The van der Waals surface area contributed by atoms with Gasteiger partial charge in [-0.15, -0.1) is 0 Å². The lowest BCUT2D eigenvalue weighted by Gasteiger charge is -2.35. The van der Waals surface area contributed by atoms with Gasteiger partial charge in [0.2, 0.25) is 5.91 Å². The number of carbonyl (C=O) groups excluding carboxylic acids is 1. The molecule has 2 rings (SSSR count). The van der Waals surface area contributed by atoms with Gasteiger partial charge in [0, 0.05) is 32.2 Å². The van der Waals surface area contributed by atoms with Crippen LogP contribution >= 0.6 is 0 Å². The molecule has 2 saturated heterocycles. The van der Waals surface area contributed by atoms with Gasteiger partial charge in [-0.2, -0.15) is 0 Å². The van der Waals surface area contributed by atoms with Gasteiger partial charge >= 0.3 is 0 Å². The number of carbonyl (C=O) groups is 1. The molecular formula is C11H21N3O. The Morgan fingerprint density at radius 2 is 2.20 bits per heavy atom. The van der Waals surface area contributed by atoms with Crippen molar-refractivity contribution in [2.45, 2.75) is 19.4 Å². The molecule has 0 radical (unpaired) electrons. The fourth-order valence-electron chi connectivity index (χ4n) is 2.54. The molecule has 2 atom stereocenters. The number of amides is 1. The summed E-state index contributed by atoms with van der Waals surface area (Å²) in [6.07, 6.45) is 1.03. The first-order valence-corrected chi connectivity index (χ1v) is 5.88. The van der Waals surface area contributed by atoms with Crippen LogP contribution in [-0.2, 0) is 4.79 Å². The van der Waals surface area contributed by atoms with Crippen LogP contribution in [0.3, 0.4) is 0 Å². The summed E-state index contributed by atoms with van der Waals surface area (Å²) >= 11 is 0. The summed E-state index contributed by atoms with van der Waals surface area (Å²) in [4.78, 5) is 16.5. The number of nitrogens with one attached hydrogen (secondary N) is 1. The van der Waals surface area contributed by atoms with Crippen molar-refractivity contribution in [1.29, 1.82) is 0 Å². The molecule has 1 N–H and O–H groups in total. The molecule has 4 heteroatoms. The molecule has 1 amide bonds. The molecule has 15 heavy (non-hydrogen) atoms. The second-order valence-corrected chi connectivity index (χ2v) is 4.83. The number of hydrogen-bond acceptors (Lipinski definition) is 3. The van der Waals surface area contributed by atoms with Crippen molar-refractivity contribution in [2.24, 2.45) is 5.92 Å². The largest absolute Gasteiger partial charge is 0.337 e. The Morgan fingerprint density at radius 3 is 2.80 bits per heavy atom. The number of rotatable bonds is 1. The molecule has 0 aromatic rings. The maximum Gasteiger partial charge on any atom is 0.227 e. The van der Waals surface area contributed by atoms with Crippen molar-refractivity contribution < 1.29 is 4.79 Å². The molecule has 0 aromatic carbocycles. The molecule has 0 bridgehead atoms. The van der Waals surface area contributed by atoms with Crippen molar-refractivity contribution in [3.8, 4) is 0 Å². The molecule has 2 aliphatic rings. The molecule has 2 heterocycles. The van der Waals surface area contributed by atoms with Crippen LogP contribution in [-0.4, -0.2) is 61.5 Å². The third-order valence-electron chi connectivity index (χ3n) is 3.52. The number of hydrogen-bond donors (Lipinski definition) is 1. The van der Waals surface area contributed by atoms with Crippen molar-refractivity contribution in [2.75, 3.05) is 39.8 Å². The molecule has 0 spiro atoms. The van der Waals surface area contributed by atoms with Gasteiger partial charge in [-0.3, -0.25) is 4.79 Å². The minimum atomic E-state index is 0.246. The van der Waals surface area contributed by atoms with E-state index in [0.29, 0.717) is 11.9 Å². The second kappa shape index (κ2) is 4.49. The SMILES string of the molecule is C[C@H]1CNCCN1C(=O)C1CCN(C)C1. The predicted octanol–water partition coefficient (Wildman–Crippen LogP) is -0.242. The smallest absolute Gasteiger partial charge is 0.227 e. The van der Waals surface area contributed by atoms with Crippen LogP contribution in [0.15, 0.2) is 0 Å². The highest BCUT2D eigenvalue weighted by atomic mass is 16.2. The average molecular weight is 211 g/mol. The lowest BCUT2D eigenvalue weighted by Crippen LogP contribution is -2.54. The fraction of sp³-hybridized carbons (Fsp3) is 0.909. The Kier molecular flexibility index (Phi) is 3.26. The van der Waals surface area contributed by atoms with Gasteiger partial charge in [0.15, 0.2) is 0 Å². The summed E-state index contributed by atoms with van der Waals surface area (Å²) in [6, 6.07) is 0.358. The van der Waals surface area contributed by atoms with Crippen LogP contribution in [0.5, 0.6) is 0 Å². The highest BCUT2D eigenvalue weighted by Crippen LogP contribution is 2.18. The van der Waals surface area contributed by atoms with E-state index in [4.69, 9.17) is 0 Å². The van der Waals surface area contributed by atoms with E-state index in [9.17, 15) is 4.79 Å². The van der Waals surface area contributed by atoms with Crippen LogP contribution in [0.2, 0.25) is 0 Å². The van der Waals surface area contributed by atoms with Crippen molar-refractivity contribution >= 4 is 5.91 Å². The van der Waals surface area contributed by atoms with Gasteiger partial charge < -0.3 is 15.1 Å². The first kappa shape index (κ1) is 10.9. The standard InChI is InChI=1S/C11H21N3O/c1-9-7-12-4-6-14(9)11(15)10-3-5-13(2)8-10/h9-10,12H,3-8H2,1-2H3/t9-,10?/m0/s1. The molecule has 2 fully saturated rings. The Hall–Kier alpha value is -0.610. The molecule has 2 aliphatic heterocycles. The Labute approximate surface area is 91.6 Å². The van der Waals surface area contributed by atoms with Gasteiger partial charge in [-0.05, 0) is 26.9 Å². The number of nitrogens with zero attached hydrogens (tertiary/aromatic N) is 2. The molecule has 0 saturated carbocycles. The minimum Gasteiger partial charge on any atom is -0.337 e. The topological polar surface area (TPSA) is 35.6 Å². The summed E-state index contributed by atoms with van der Waals surface area (Å²) in [5.41, 5.74) is 0. The van der Waals surface area contributed by atoms with E-state index in [-0.39, 0.29) is 5.92 Å². The summed E-state index contributed by atoms with van der Waals surface area (Å²) in [7, 11) is 2.09. The Bertz CT molecular complexity index is 244. The van der Waals surface area contributed by atoms with E-state index in [1.165, 1.54) is 0 Å². The van der Waals surface area contributed by atoms with E-state index in [1.54, 1.807) is 0 Å². The van der Waals surface area contributed by atoms with Crippen LogP contribution in [0.4, 0.5) is 0 Å². The van der Waals surface area contributed by atoms with Gasteiger partial charge in [0.1, 0.15) is 0 Å². The summed E-state index contributed by atoms with van der Waals surface area (Å²) in [6.45, 7) is 6.89. The zero-order valence-corrected chi connectivity index (χ0v) is 9.70. The van der Waals surface area contributed by atoms with Gasteiger partial charge in [0.05, 0.1) is 5.92 Å². The number of piperazine rings is 1. The van der Waals surface area contributed by atoms with Crippen LogP contribution in [0, 0.1) is 5.92 Å². The van der Waals surface area contributed by atoms with Crippen molar-refractivity contribution in [3.63, 3.8) is 0 Å². The van der Waals surface area contributed by atoms with Crippen molar-refractivity contribution in [1.82, 2.24) is 15.1 Å². The molecule has 0 aliphatic carbocycles. The second-order valence-electron chi connectivity index (χ2n) is 4.83. The van der Waals surface area contributed by atoms with Crippen LogP contribution < -0.4 is 5.32 Å². The van der Waals surface area contributed by atoms with Gasteiger partial charge in [-0.25, -0.2) is 0 Å². The van der Waals surface area contributed by atoms with E-state index in [1.807, 2.05) is 0 Å². The zero-order valence-electron chi connectivity index (χ0n) is 9.70. The van der Waals surface area contributed by atoms with Crippen LogP contribution in [0.25, 0.3) is 0 Å². The van der Waals surface area contributed by atoms with E-state index < -0.39 is 0 Å². The lowest BCUT2D eigenvalue weighted by molar-refractivity contribution is -0.137. The monoisotopic (exact) mass is 211 g/mol. The Balaban J connectivity index is 1.94. The highest BCUT2D eigenvalue weighted by molar-refractivity contribution is 5.79. The maximum atomic E-state index is 12.2. The highest BCUT2D eigenvalue weighted by Gasteiger charge is 2.32. The van der Waals surface area contributed by atoms with Crippen LogP contribution in [0.1, 0.15) is 13.3 Å². The lowest BCUT2D eigenvalue weighted by atomic mass is 10.1. The predicted molar refractivity (Wildman–Crippen MR) is 59.6 cm³/mol. The average Bonchev–Trinajstić information content (AvgIpc) is 2.65. The third-order valence-corrected chi connectivity index (χ3v) is 3.52. The first-order chi connectivity index (χ1) is 7.18. The maximum absolute atomic E-state index is 12.2. The van der Waals surface area contributed by atoms with E-state index in [0.717, 1.165) is 39.1 Å². The number of likely N-dealkylation sites (tertiary alicyclic amines) is 1. The zero-order chi connectivity index (χ0) is 10.8. The molecule has 86 valence electrons. The quantitative estimate of drug-likeness (QED) is 0.650. The molecule has 0 aromatic heterocycles. The fourth-order valence-corrected chi connectivity index (χ4v) is 2.54.